The number of nitro groups is 1. The minimum atomic E-state index is -3.72. The first kappa shape index (κ1) is 24.2. The highest BCUT2D eigenvalue weighted by Gasteiger charge is 2.33. The van der Waals surface area contributed by atoms with Crippen LogP contribution in [0.5, 0.6) is 0 Å². The van der Waals surface area contributed by atoms with Gasteiger partial charge in [0.25, 0.3) is 5.69 Å². The van der Waals surface area contributed by atoms with Gasteiger partial charge in [-0.1, -0.05) is 40.9 Å². The maximum atomic E-state index is 13.1. The fraction of sp³-hybridized carbons (Fsp3) is 0.286. The molecular weight excluding hydrogens is 529 g/mol. The zero-order valence-corrected chi connectivity index (χ0v) is 21.0. The number of nitrogens with zero attached hydrogens (tertiary/aromatic N) is 3. The molecule has 4 rings (SSSR count). The highest BCUT2D eigenvalue weighted by atomic mass is 35.5. The highest BCUT2D eigenvalue weighted by Crippen LogP contribution is 2.33. The number of aromatic nitrogens is 1. The number of halogens is 3. The van der Waals surface area contributed by atoms with Gasteiger partial charge in [0.1, 0.15) is 5.02 Å². The van der Waals surface area contributed by atoms with Gasteiger partial charge in [-0.2, -0.15) is 0 Å². The Labute approximate surface area is 210 Å². The van der Waals surface area contributed by atoms with Crippen molar-refractivity contribution < 1.29 is 13.3 Å². The van der Waals surface area contributed by atoms with Gasteiger partial charge in [-0.25, -0.2) is 13.4 Å². The number of hydrogen-bond donors (Lipinski definition) is 0. The van der Waals surface area contributed by atoms with Gasteiger partial charge in [0.05, 0.1) is 20.8 Å². The molecule has 0 bridgehead atoms. The Bertz CT molecular complexity index is 1310. The van der Waals surface area contributed by atoms with Crippen LogP contribution in [0.3, 0.4) is 0 Å². The van der Waals surface area contributed by atoms with Gasteiger partial charge in [0.15, 0.2) is 15.0 Å². The van der Waals surface area contributed by atoms with Crippen molar-refractivity contribution in [2.75, 3.05) is 18.0 Å². The van der Waals surface area contributed by atoms with Crippen molar-refractivity contribution in [1.29, 1.82) is 0 Å². The zero-order valence-electron chi connectivity index (χ0n) is 17.1. The van der Waals surface area contributed by atoms with Crippen molar-refractivity contribution in [3.63, 3.8) is 0 Å². The van der Waals surface area contributed by atoms with Crippen molar-refractivity contribution >= 4 is 66.8 Å². The minimum absolute atomic E-state index is 0.0755. The summed E-state index contributed by atoms with van der Waals surface area (Å²) in [6.45, 7) is 1.04. The van der Waals surface area contributed by atoms with Crippen molar-refractivity contribution in [1.82, 2.24) is 4.98 Å². The number of nitro benzene ring substituents is 1. The van der Waals surface area contributed by atoms with Crippen LogP contribution in [0.4, 0.5) is 10.8 Å². The number of sulfone groups is 1. The molecule has 0 radical (unpaired) electrons. The molecule has 1 aliphatic heterocycles. The molecule has 0 aliphatic carbocycles. The lowest BCUT2D eigenvalue weighted by Gasteiger charge is -2.31. The number of thiazole rings is 1. The van der Waals surface area contributed by atoms with Crippen LogP contribution in [0.15, 0.2) is 46.7 Å². The predicted molar refractivity (Wildman–Crippen MR) is 132 cm³/mol. The van der Waals surface area contributed by atoms with Crippen molar-refractivity contribution in [3.8, 4) is 0 Å². The van der Waals surface area contributed by atoms with E-state index in [1.54, 1.807) is 12.1 Å². The number of anilines is 1. The maximum Gasteiger partial charge on any atom is 0.289 e. The second-order valence-electron chi connectivity index (χ2n) is 7.64. The number of piperidine rings is 1. The molecule has 0 spiro atoms. The molecule has 1 saturated heterocycles. The summed E-state index contributed by atoms with van der Waals surface area (Å²) in [5.74, 6) is 0. The van der Waals surface area contributed by atoms with Crippen molar-refractivity contribution in [3.05, 3.63) is 78.2 Å². The van der Waals surface area contributed by atoms with Gasteiger partial charge >= 0.3 is 0 Å². The molecule has 0 N–H and O–H groups in total. The largest absolute Gasteiger partial charge is 0.348 e. The van der Waals surface area contributed by atoms with Crippen LogP contribution in [0.1, 0.15) is 24.1 Å². The summed E-state index contributed by atoms with van der Waals surface area (Å²) in [5.41, 5.74) is 1.40. The molecule has 0 atom stereocenters. The van der Waals surface area contributed by atoms with E-state index in [4.69, 9.17) is 39.8 Å². The van der Waals surface area contributed by atoms with Gasteiger partial charge in [0, 0.05) is 41.0 Å². The molecular formula is C21H18Cl3N3O4S2. The summed E-state index contributed by atoms with van der Waals surface area (Å²) in [7, 11) is -3.72. The Kier molecular flexibility index (Phi) is 7.16. The molecule has 1 aliphatic rings. The second kappa shape index (κ2) is 9.76. The van der Waals surface area contributed by atoms with E-state index in [9.17, 15) is 18.5 Å². The molecule has 2 heterocycles. The molecule has 12 heteroatoms. The number of benzene rings is 2. The first-order chi connectivity index (χ1) is 15.6. The number of hydrogen-bond acceptors (Lipinski definition) is 7. The Hall–Kier alpha value is -1.91. The average molecular weight is 547 g/mol. The van der Waals surface area contributed by atoms with E-state index in [1.165, 1.54) is 23.5 Å². The van der Waals surface area contributed by atoms with Gasteiger partial charge in [-0.05, 0) is 42.7 Å². The maximum absolute atomic E-state index is 13.1. The third-order valence-corrected chi connectivity index (χ3v) is 9.64. The average Bonchev–Trinajstić information content (AvgIpc) is 3.24. The normalized spacial score (nSPS) is 15.1. The molecule has 33 heavy (non-hydrogen) atoms. The van der Waals surface area contributed by atoms with E-state index in [0.717, 1.165) is 22.5 Å². The van der Waals surface area contributed by atoms with Crippen LogP contribution in [0, 0.1) is 10.1 Å². The van der Waals surface area contributed by atoms with Gasteiger partial charge in [0.2, 0.25) is 0 Å². The lowest BCUT2D eigenvalue weighted by Crippen LogP contribution is -2.39. The smallest absolute Gasteiger partial charge is 0.289 e. The van der Waals surface area contributed by atoms with Crippen molar-refractivity contribution in [2.45, 2.75) is 29.4 Å². The van der Waals surface area contributed by atoms with Crippen LogP contribution in [-0.4, -0.2) is 36.7 Å². The molecule has 1 aromatic heterocycles. The highest BCUT2D eigenvalue weighted by molar-refractivity contribution is 7.92. The molecule has 7 nitrogen and oxygen atoms in total. The summed E-state index contributed by atoms with van der Waals surface area (Å²) >= 11 is 19.5. The summed E-state index contributed by atoms with van der Waals surface area (Å²) in [6.07, 6.45) is 1.38. The Morgan fingerprint density at radius 3 is 2.48 bits per heavy atom. The molecule has 174 valence electrons. The topological polar surface area (TPSA) is 93.4 Å². The molecule has 3 aromatic rings. The Morgan fingerprint density at radius 2 is 1.82 bits per heavy atom. The first-order valence-electron chi connectivity index (χ1n) is 9.96. The van der Waals surface area contributed by atoms with E-state index < -0.39 is 25.7 Å². The first-order valence-corrected chi connectivity index (χ1v) is 13.5. The van der Waals surface area contributed by atoms with Crippen LogP contribution < -0.4 is 4.90 Å². The number of rotatable bonds is 6. The van der Waals surface area contributed by atoms with Crippen LogP contribution in [0.2, 0.25) is 15.1 Å². The fourth-order valence-electron chi connectivity index (χ4n) is 3.74. The third-order valence-electron chi connectivity index (χ3n) is 5.52. The summed E-state index contributed by atoms with van der Waals surface area (Å²) < 4.78 is 26.1. The second-order valence-corrected chi connectivity index (χ2v) is 12.0. The van der Waals surface area contributed by atoms with Gasteiger partial charge in [-0.15, -0.1) is 11.3 Å². The molecule has 2 aromatic carbocycles. The molecule has 1 fully saturated rings. The van der Waals surface area contributed by atoms with Crippen LogP contribution >= 0.6 is 46.1 Å². The summed E-state index contributed by atoms with van der Waals surface area (Å²) in [6, 6.07) is 8.99. The summed E-state index contributed by atoms with van der Waals surface area (Å²) in [4.78, 5) is 17.1. The zero-order chi connectivity index (χ0) is 23.8. The van der Waals surface area contributed by atoms with E-state index in [-0.39, 0.29) is 9.92 Å². The third kappa shape index (κ3) is 5.27. The van der Waals surface area contributed by atoms with E-state index in [1.807, 2.05) is 11.4 Å². The molecule has 0 saturated carbocycles. The van der Waals surface area contributed by atoms with Gasteiger partial charge in [-0.3, -0.25) is 10.1 Å². The predicted octanol–water partition coefficient (Wildman–Crippen LogP) is 6.05. The van der Waals surface area contributed by atoms with Crippen LogP contribution in [-0.2, 0) is 16.3 Å². The quantitative estimate of drug-likeness (QED) is 0.276. The van der Waals surface area contributed by atoms with Crippen molar-refractivity contribution in [2.24, 2.45) is 0 Å². The van der Waals surface area contributed by atoms with E-state index >= 15 is 0 Å². The van der Waals surface area contributed by atoms with E-state index in [2.05, 4.69) is 4.90 Å². The lowest BCUT2D eigenvalue weighted by molar-refractivity contribution is -0.384. The Morgan fingerprint density at radius 1 is 1.09 bits per heavy atom. The molecule has 0 amide bonds. The SMILES string of the molecule is O=[N+]([O-])c1cc(S(=O)(=O)C2CCN(c3nc(Cc4ccc(Cl)cc4Cl)cs3)CC2)ccc1Cl. The monoisotopic (exact) mass is 545 g/mol. The fourth-order valence-corrected chi connectivity index (χ4v) is 7.03. The molecule has 0 unspecified atom stereocenters. The lowest BCUT2D eigenvalue weighted by atomic mass is 10.1. The minimum Gasteiger partial charge on any atom is -0.348 e. The standard InChI is InChI=1S/C21H18Cl3N3O4S2/c22-14-2-1-13(19(24)10-14)9-15-12-32-21(25-15)26-7-5-16(6-8-26)33(30,31)17-3-4-18(23)20(11-17)27(28)29/h1-4,10-12,16H,5-9H2. The summed E-state index contributed by atoms with van der Waals surface area (Å²) in [5, 5.41) is 14.4. The van der Waals surface area contributed by atoms with Crippen LogP contribution in [0.25, 0.3) is 0 Å². The van der Waals surface area contributed by atoms with E-state index in [0.29, 0.717) is 42.4 Å². The van der Waals surface area contributed by atoms with Gasteiger partial charge < -0.3 is 4.90 Å². The Balaban J connectivity index is 1.43.